The molecule has 3 rings (SSSR count). The van der Waals surface area contributed by atoms with Gasteiger partial charge in [0.1, 0.15) is 4.92 Å². The minimum atomic E-state index is -0.712. The maximum absolute atomic E-state index is 12.2. The molecule has 0 aliphatic carbocycles. The molecule has 1 amide bonds. The molecule has 0 saturated carbocycles. The quantitative estimate of drug-likeness (QED) is 0.400. The number of nitrogens with zero attached hydrogens (tertiary/aromatic N) is 3. The molecule has 0 fully saturated rings. The summed E-state index contributed by atoms with van der Waals surface area (Å²) in [4.78, 5) is 26.6. The van der Waals surface area contributed by atoms with Crippen LogP contribution in [0.15, 0.2) is 52.4 Å². The second kappa shape index (κ2) is 6.42. The van der Waals surface area contributed by atoms with Crippen molar-refractivity contribution < 1.29 is 14.1 Å². The van der Waals surface area contributed by atoms with Crippen molar-refractivity contribution in [3.63, 3.8) is 0 Å². The number of carbonyl (C=O) groups excluding carboxylic acids is 1. The Morgan fingerprint density at radius 3 is 2.92 bits per heavy atom. The molecule has 0 bridgehead atoms. The van der Waals surface area contributed by atoms with Crippen molar-refractivity contribution in [2.45, 2.75) is 6.54 Å². The smallest absolute Gasteiger partial charge is 0.395 e. The van der Waals surface area contributed by atoms with Crippen molar-refractivity contribution in [3.8, 4) is 0 Å². The van der Waals surface area contributed by atoms with Gasteiger partial charge in [-0.1, -0.05) is 29.0 Å². The Morgan fingerprint density at radius 1 is 1.46 bits per heavy atom. The largest absolute Gasteiger partial charge is 0.433 e. The first kappa shape index (κ1) is 16.2. The van der Waals surface area contributed by atoms with Crippen molar-refractivity contribution in [2.24, 2.45) is 4.99 Å². The molecule has 7 nitrogen and oxygen atoms in total. The number of amides is 1. The molecule has 2 aromatic heterocycles. The number of aromatic nitrogens is 1. The van der Waals surface area contributed by atoms with Crippen LogP contribution in [0.2, 0.25) is 5.02 Å². The van der Waals surface area contributed by atoms with E-state index in [0.29, 0.717) is 16.4 Å². The normalized spacial score (nSPS) is 11.8. The average molecular weight is 364 g/mol. The van der Waals surface area contributed by atoms with E-state index in [9.17, 15) is 14.9 Å². The van der Waals surface area contributed by atoms with Crippen molar-refractivity contribution in [2.75, 3.05) is 0 Å². The van der Waals surface area contributed by atoms with Gasteiger partial charge in [0.05, 0.1) is 16.3 Å². The zero-order valence-electron chi connectivity index (χ0n) is 12.1. The van der Waals surface area contributed by atoms with Crippen molar-refractivity contribution in [3.05, 3.63) is 68.7 Å². The SMILES string of the molecule is C=CCn1c(=NC(=O)c2ccc([N+](=O)[O-])o2)sc2cc(Cl)ccc21. The number of hydrogen-bond donors (Lipinski definition) is 0. The highest BCUT2D eigenvalue weighted by Gasteiger charge is 2.17. The first-order valence-corrected chi connectivity index (χ1v) is 7.92. The fraction of sp³-hybridized carbons (Fsp3) is 0.0667. The fourth-order valence-corrected chi connectivity index (χ4v) is 3.43. The van der Waals surface area contributed by atoms with Crippen LogP contribution in [0.4, 0.5) is 5.88 Å². The van der Waals surface area contributed by atoms with Crippen molar-refractivity contribution in [1.82, 2.24) is 4.57 Å². The van der Waals surface area contributed by atoms with E-state index in [1.54, 1.807) is 22.8 Å². The molecular weight excluding hydrogens is 354 g/mol. The van der Waals surface area contributed by atoms with E-state index in [-0.39, 0.29) is 5.76 Å². The summed E-state index contributed by atoms with van der Waals surface area (Å²) in [6, 6.07) is 7.70. The van der Waals surface area contributed by atoms with Crippen molar-refractivity contribution >= 4 is 44.9 Å². The van der Waals surface area contributed by atoms with E-state index < -0.39 is 16.7 Å². The molecule has 24 heavy (non-hydrogen) atoms. The Labute approximate surface area is 144 Å². The molecule has 0 saturated heterocycles. The van der Waals surface area contributed by atoms with E-state index in [0.717, 1.165) is 16.3 Å². The Bertz CT molecular complexity index is 1030. The third-order valence-electron chi connectivity index (χ3n) is 3.14. The second-order valence-corrected chi connectivity index (χ2v) is 6.15. The summed E-state index contributed by atoms with van der Waals surface area (Å²) in [5.41, 5.74) is 0.862. The molecule has 122 valence electrons. The minimum Gasteiger partial charge on any atom is -0.395 e. The summed E-state index contributed by atoms with van der Waals surface area (Å²) >= 11 is 7.27. The van der Waals surface area contributed by atoms with E-state index in [2.05, 4.69) is 11.6 Å². The van der Waals surface area contributed by atoms with Gasteiger partial charge in [-0.15, -0.1) is 6.58 Å². The Balaban J connectivity index is 2.10. The first-order valence-electron chi connectivity index (χ1n) is 6.72. The van der Waals surface area contributed by atoms with Gasteiger partial charge >= 0.3 is 11.8 Å². The lowest BCUT2D eigenvalue weighted by Crippen LogP contribution is -2.16. The summed E-state index contributed by atoms with van der Waals surface area (Å²) in [5.74, 6) is -1.39. The molecule has 0 atom stereocenters. The lowest BCUT2D eigenvalue weighted by Gasteiger charge is -2.00. The standard InChI is InChI=1S/C15H10ClN3O4S/c1-2-7-18-10-4-3-9(16)8-12(10)24-15(18)17-14(20)11-5-6-13(23-11)19(21)22/h2-6,8H,1,7H2. The first-order chi connectivity index (χ1) is 11.5. The third kappa shape index (κ3) is 3.01. The summed E-state index contributed by atoms with van der Waals surface area (Å²) in [6.45, 7) is 4.15. The van der Waals surface area contributed by atoms with Crippen LogP contribution < -0.4 is 4.80 Å². The predicted molar refractivity (Wildman–Crippen MR) is 90.3 cm³/mol. The number of rotatable bonds is 4. The number of carbonyl (C=O) groups is 1. The lowest BCUT2D eigenvalue weighted by atomic mass is 10.3. The molecule has 2 heterocycles. The predicted octanol–water partition coefficient (Wildman–Crippen LogP) is 3.78. The molecule has 0 spiro atoms. The highest BCUT2D eigenvalue weighted by molar-refractivity contribution is 7.16. The van der Waals surface area contributed by atoms with Crippen LogP contribution >= 0.6 is 22.9 Å². The number of fused-ring (bicyclic) bond motifs is 1. The fourth-order valence-electron chi connectivity index (χ4n) is 2.12. The third-order valence-corrected chi connectivity index (χ3v) is 4.41. The number of furan rings is 1. The van der Waals surface area contributed by atoms with Gasteiger partial charge in [-0.3, -0.25) is 14.9 Å². The molecule has 3 aromatic rings. The van der Waals surface area contributed by atoms with Gasteiger partial charge < -0.3 is 8.98 Å². The summed E-state index contributed by atoms with van der Waals surface area (Å²) in [5, 5.41) is 11.2. The number of thiazole rings is 1. The Kier molecular flexibility index (Phi) is 4.32. The zero-order valence-corrected chi connectivity index (χ0v) is 13.7. The van der Waals surface area contributed by atoms with E-state index in [4.69, 9.17) is 16.0 Å². The molecule has 0 unspecified atom stereocenters. The highest BCUT2D eigenvalue weighted by Crippen LogP contribution is 2.22. The Hall–Kier alpha value is -2.71. The molecule has 0 N–H and O–H groups in total. The maximum atomic E-state index is 12.2. The van der Waals surface area contributed by atoms with E-state index >= 15 is 0 Å². The zero-order chi connectivity index (χ0) is 17.3. The van der Waals surface area contributed by atoms with E-state index in [1.165, 1.54) is 17.4 Å². The van der Waals surface area contributed by atoms with Gasteiger partial charge in [0.25, 0.3) is 0 Å². The molecule has 9 heteroatoms. The number of halogens is 1. The average Bonchev–Trinajstić information content (AvgIpc) is 3.13. The van der Waals surface area contributed by atoms with Gasteiger partial charge in [-0.2, -0.15) is 4.99 Å². The molecular formula is C15H10ClN3O4S. The molecule has 1 aromatic carbocycles. The van der Waals surface area contributed by atoms with Gasteiger partial charge in [-0.25, -0.2) is 0 Å². The highest BCUT2D eigenvalue weighted by atomic mass is 35.5. The van der Waals surface area contributed by atoms with Crippen molar-refractivity contribution in [1.29, 1.82) is 0 Å². The van der Waals surface area contributed by atoms with Crippen LogP contribution in [0.3, 0.4) is 0 Å². The lowest BCUT2D eigenvalue weighted by molar-refractivity contribution is -0.402. The van der Waals surface area contributed by atoms with Crippen LogP contribution in [0, 0.1) is 10.1 Å². The summed E-state index contributed by atoms with van der Waals surface area (Å²) in [6.07, 6.45) is 1.68. The second-order valence-electron chi connectivity index (χ2n) is 4.71. The van der Waals surface area contributed by atoms with Crippen LogP contribution in [-0.4, -0.2) is 15.4 Å². The monoisotopic (exact) mass is 363 g/mol. The van der Waals surface area contributed by atoms with Gasteiger partial charge in [0.2, 0.25) is 5.76 Å². The Morgan fingerprint density at radius 2 is 2.25 bits per heavy atom. The maximum Gasteiger partial charge on any atom is 0.433 e. The van der Waals surface area contributed by atoms with Gasteiger partial charge in [0, 0.05) is 11.6 Å². The topological polar surface area (TPSA) is 90.6 Å². The van der Waals surface area contributed by atoms with Gasteiger partial charge in [-0.05, 0) is 24.3 Å². The summed E-state index contributed by atoms with van der Waals surface area (Å²) in [7, 11) is 0. The van der Waals surface area contributed by atoms with Gasteiger partial charge in [0.15, 0.2) is 4.80 Å². The number of nitro groups is 1. The van der Waals surface area contributed by atoms with Crippen LogP contribution in [0.1, 0.15) is 10.6 Å². The number of hydrogen-bond acceptors (Lipinski definition) is 5. The van der Waals surface area contributed by atoms with Crippen LogP contribution in [0.5, 0.6) is 0 Å². The number of benzene rings is 1. The number of allylic oxidation sites excluding steroid dienone is 1. The summed E-state index contributed by atoms with van der Waals surface area (Å²) < 4.78 is 7.55. The molecule has 0 aliphatic heterocycles. The molecule has 0 radical (unpaired) electrons. The van der Waals surface area contributed by atoms with E-state index in [1.807, 2.05) is 6.07 Å². The van der Waals surface area contributed by atoms with Crippen LogP contribution in [0.25, 0.3) is 10.2 Å². The molecule has 0 aliphatic rings. The van der Waals surface area contributed by atoms with Crippen LogP contribution in [-0.2, 0) is 6.54 Å². The minimum absolute atomic E-state index is 0.192.